The monoisotopic (exact) mass is 447 g/mol. The molecule has 0 aliphatic carbocycles. The molecule has 3 aliphatic heterocycles. The van der Waals surface area contributed by atoms with Gasteiger partial charge < -0.3 is 14.2 Å². The van der Waals surface area contributed by atoms with Crippen LogP contribution in [0.25, 0.3) is 5.65 Å². The number of amides is 2. The average Bonchev–Trinajstić information content (AvgIpc) is 3.29. The fourth-order valence-electron chi connectivity index (χ4n) is 4.89. The van der Waals surface area contributed by atoms with Crippen molar-refractivity contribution in [3.05, 3.63) is 35.2 Å². The zero-order valence-corrected chi connectivity index (χ0v) is 18.7. The van der Waals surface area contributed by atoms with Gasteiger partial charge in [0.2, 0.25) is 11.8 Å². The van der Waals surface area contributed by atoms with E-state index in [1.807, 2.05) is 38.7 Å². The topological polar surface area (TPSA) is 61.2 Å². The lowest BCUT2D eigenvalue weighted by atomic mass is 10.2. The van der Waals surface area contributed by atoms with E-state index in [2.05, 4.69) is 16.8 Å². The smallest absolute Gasteiger partial charge is 0.246 e. The third kappa shape index (κ3) is 3.59. The van der Waals surface area contributed by atoms with Crippen LogP contribution in [0.3, 0.4) is 0 Å². The molecule has 0 saturated carbocycles. The molecule has 2 atom stereocenters. The second-order valence-electron chi connectivity index (χ2n) is 8.57. The number of nitrogens with zero attached hydrogens (tertiary/aromatic N) is 5. The first-order valence-electron chi connectivity index (χ1n) is 10.5. The summed E-state index contributed by atoms with van der Waals surface area (Å²) in [7, 11) is 0. The summed E-state index contributed by atoms with van der Waals surface area (Å²) in [6.07, 6.45) is 6.22. The van der Waals surface area contributed by atoms with E-state index in [1.165, 1.54) is 0 Å². The number of fused-ring (bicyclic) bond motifs is 2. The molecule has 0 N–H and O–H groups in total. The van der Waals surface area contributed by atoms with Gasteiger partial charge in [0.05, 0.1) is 15.6 Å². The van der Waals surface area contributed by atoms with E-state index in [0.717, 1.165) is 50.4 Å². The Morgan fingerprint density at radius 3 is 3.00 bits per heavy atom. The first kappa shape index (κ1) is 20.2. The number of hydrogen-bond acceptors (Lipinski definition) is 5. The van der Waals surface area contributed by atoms with Crippen LogP contribution in [0.15, 0.2) is 24.5 Å². The normalized spacial score (nSPS) is 27.7. The maximum absolute atomic E-state index is 13.3. The fraction of sp³-hybridized carbons (Fsp3) is 0.571. The van der Waals surface area contributed by atoms with Crippen molar-refractivity contribution < 1.29 is 9.59 Å². The minimum Gasteiger partial charge on any atom is -0.340 e. The second-order valence-corrected chi connectivity index (χ2v) is 10.5. The van der Waals surface area contributed by atoms with Gasteiger partial charge in [-0.1, -0.05) is 11.6 Å². The van der Waals surface area contributed by atoms with Gasteiger partial charge in [0.15, 0.2) is 0 Å². The Balaban J connectivity index is 1.23. The van der Waals surface area contributed by atoms with Crippen molar-refractivity contribution in [2.75, 3.05) is 31.9 Å². The summed E-state index contributed by atoms with van der Waals surface area (Å²) in [5.74, 6) is 0.959. The highest BCUT2D eigenvalue weighted by atomic mass is 35.5. The molecule has 7 nitrogen and oxygen atoms in total. The van der Waals surface area contributed by atoms with Crippen LogP contribution < -0.4 is 0 Å². The van der Waals surface area contributed by atoms with Crippen LogP contribution in [-0.2, 0) is 16.1 Å². The zero-order valence-electron chi connectivity index (χ0n) is 17.1. The Hall–Kier alpha value is -1.77. The van der Waals surface area contributed by atoms with E-state index in [9.17, 15) is 9.59 Å². The van der Waals surface area contributed by atoms with Crippen molar-refractivity contribution in [1.82, 2.24) is 24.1 Å². The number of hydrogen-bond donors (Lipinski definition) is 0. The molecule has 160 valence electrons. The first-order valence-corrected chi connectivity index (χ1v) is 11.9. The molecule has 2 aromatic heterocycles. The highest BCUT2D eigenvalue weighted by Crippen LogP contribution is 2.47. The first-order chi connectivity index (χ1) is 14.4. The van der Waals surface area contributed by atoms with Gasteiger partial charge >= 0.3 is 0 Å². The molecule has 0 bridgehead atoms. The second kappa shape index (κ2) is 7.73. The highest BCUT2D eigenvalue weighted by Gasteiger charge is 2.53. The summed E-state index contributed by atoms with van der Waals surface area (Å²) in [6, 6.07) is 3.46. The Labute approximate surface area is 185 Å². The number of imidazole rings is 1. The predicted molar refractivity (Wildman–Crippen MR) is 117 cm³/mol. The molecule has 30 heavy (non-hydrogen) atoms. The molecule has 3 fully saturated rings. The van der Waals surface area contributed by atoms with Crippen LogP contribution in [0.4, 0.5) is 0 Å². The summed E-state index contributed by atoms with van der Waals surface area (Å²) < 4.78 is 1.95. The molecular formula is C21H26ClN5O2S. The van der Waals surface area contributed by atoms with E-state index < -0.39 is 0 Å². The molecule has 0 spiro atoms. The molecule has 2 amide bonds. The Bertz CT molecular complexity index is 997. The molecule has 3 aliphatic rings. The van der Waals surface area contributed by atoms with E-state index in [-0.39, 0.29) is 22.7 Å². The van der Waals surface area contributed by atoms with Gasteiger partial charge in [-0.15, -0.1) is 11.8 Å². The number of halogens is 1. The molecule has 9 heteroatoms. The molecule has 5 heterocycles. The summed E-state index contributed by atoms with van der Waals surface area (Å²) >= 11 is 7.83. The zero-order chi connectivity index (χ0) is 20.9. The molecule has 5 rings (SSSR count). The molecule has 2 aromatic rings. The van der Waals surface area contributed by atoms with Crippen LogP contribution in [0.5, 0.6) is 0 Å². The SMILES string of the molecule is C[C@@]12CCC(=O)N1[C@H](C(=O)N1CCCN(Cc3cn4cc(Cl)ccc4n3)CC1)CS2. The molecule has 0 unspecified atom stereocenters. The van der Waals surface area contributed by atoms with Crippen molar-refractivity contribution in [3.8, 4) is 0 Å². The largest absolute Gasteiger partial charge is 0.340 e. The van der Waals surface area contributed by atoms with Gasteiger partial charge in [-0.3, -0.25) is 14.5 Å². The number of pyridine rings is 1. The van der Waals surface area contributed by atoms with Crippen LogP contribution in [0.2, 0.25) is 5.02 Å². The third-order valence-electron chi connectivity index (χ3n) is 6.48. The van der Waals surface area contributed by atoms with Gasteiger partial charge in [-0.2, -0.15) is 0 Å². The maximum atomic E-state index is 13.3. The third-order valence-corrected chi connectivity index (χ3v) is 8.21. The van der Waals surface area contributed by atoms with E-state index in [4.69, 9.17) is 11.6 Å². The number of rotatable bonds is 3. The van der Waals surface area contributed by atoms with Crippen molar-refractivity contribution >= 4 is 40.8 Å². The summed E-state index contributed by atoms with van der Waals surface area (Å²) in [4.78, 5) is 36.3. The lowest BCUT2D eigenvalue weighted by Crippen LogP contribution is -2.52. The number of carbonyl (C=O) groups excluding carboxylic acids is 2. The predicted octanol–water partition coefficient (Wildman–Crippen LogP) is 2.48. The minimum absolute atomic E-state index is 0.116. The standard InChI is InChI=1S/C21H26ClN5O2S/c1-21-6-5-19(28)27(21)17(14-30-21)20(29)25-8-2-7-24(9-10-25)12-16-13-26-11-15(22)3-4-18(26)23-16/h3-4,11,13,17H,2,5-10,12,14H2,1H3/t17-,21+/m0/s1. The van der Waals surface area contributed by atoms with Crippen molar-refractivity contribution in [2.24, 2.45) is 0 Å². The lowest BCUT2D eigenvalue weighted by molar-refractivity contribution is -0.143. The quantitative estimate of drug-likeness (QED) is 0.723. The van der Waals surface area contributed by atoms with Gasteiger partial charge in [0.25, 0.3) is 0 Å². The molecule has 0 aromatic carbocycles. The van der Waals surface area contributed by atoms with Gasteiger partial charge in [-0.25, -0.2) is 4.98 Å². The highest BCUT2D eigenvalue weighted by molar-refractivity contribution is 8.01. The van der Waals surface area contributed by atoms with Crippen LogP contribution in [0.1, 0.15) is 31.9 Å². The maximum Gasteiger partial charge on any atom is 0.246 e. The number of thioether (sulfide) groups is 1. The van der Waals surface area contributed by atoms with Crippen molar-refractivity contribution in [3.63, 3.8) is 0 Å². The van der Waals surface area contributed by atoms with Gasteiger partial charge in [0.1, 0.15) is 11.7 Å². The molecule has 3 saturated heterocycles. The lowest BCUT2D eigenvalue weighted by Gasteiger charge is -2.32. The van der Waals surface area contributed by atoms with Crippen LogP contribution >= 0.6 is 23.4 Å². The summed E-state index contributed by atoms with van der Waals surface area (Å²) in [5, 5.41) is 0.688. The van der Waals surface area contributed by atoms with E-state index in [0.29, 0.717) is 23.7 Å². The minimum atomic E-state index is -0.301. The molecular weight excluding hydrogens is 422 g/mol. The Morgan fingerprint density at radius 2 is 2.13 bits per heavy atom. The van der Waals surface area contributed by atoms with Crippen LogP contribution in [0, 0.1) is 0 Å². The van der Waals surface area contributed by atoms with E-state index >= 15 is 0 Å². The number of aromatic nitrogens is 2. The fourth-order valence-corrected chi connectivity index (χ4v) is 6.48. The van der Waals surface area contributed by atoms with E-state index in [1.54, 1.807) is 11.8 Å². The van der Waals surface area contributed by atoms with Crippen LogP contribution in [-0.4, -0.2) is 78.7 Å². The average molecular weight is 448 g/mol. The van der Waals surface area contributed by atoms with Crippen molar-refractivity contribution in [2.45, 2.75) is 43.6 Å². The summed E-state index contributed by atoms with van der Waals surface area (Å²) in [5.41, 5.74) is 1.89. The van der Waals surface area contributed by atoms with Crippen molar-refractivity contribution in [1.29, 1.82) is 0 Å². The van der Waals surface area contributed by atoms with Gasteiger partial charge in [0, 0.05) is 57.3 Å². The Kier molecular flexibility index (Phi) is 5.19. The summed E-state index contributed by atoms with van der Waals surface area (Å²) in [6.45, 7) is 6.03. The Morgan fingerprint density at radius 1 is 1.27 bits per heavy atom. The number of carbonyl (C=O) groups is 2. The molecule has 0 radical (unpaired) electrons. The van der Waals surface area contributed by atoms with Gasteiger partial charge in [-0.05, 0) is 31.9 Å².